The van der Waals surface area contributed by atoms with E-state index in [1.807, 2.05) is 18.5 Å². The summed E-state index contributed by atoms with van der Waals surface area (Å²) in [6, 6.07) is 10.6. The Bertz CT molecular complexity index is 659. The summed E-state index contributed by atoms with van der Waals surface area (Å²) in [5, 5.41) is 17.9. The molecule has 4 nitrogen and oxygen atoms in total. The Labute approximate surface area is 130 Å². The molecule has 0 amide bonds. The van der Waals surface area contributed by atoms with Gasteiger partial charge < -0.3 is 4.57 Å². The second-order valence-corrected chi connectivity index (χ2v) is 7.39. The van der Waals surface area contributed by atoms with Gasteiger partial charge in [0.15, 0.2) is 11.0 Å². The van der Waals surface area contributed by atoms with Crippen LogP contribution >= 0.6 is 11.8 Å². The van der Waals surface area contributed by atoms with Crippen LogP contribution in [0.2, 0.25) is 0 Å². The van der Waals surface area contributed by atoms with Gasteiger partial charge in [-0.3, -0.25) is 0 Å². The maximum Gasteiger partial charge on any atom is 0.192 e. The number of hydrogen-bond donors (Lipinski definition) is 0. The van der Waals surface area contributed by atoms with E-state index in [2.05, 4.69) is 61.3 Å². The molecule has 1 aromatic heterocycles. The smallest absolute Gasteiger partial charge is 0.192 e. The molecule has 0 aliphatic heterocycles. The fourth-order valence-electron chi connectivity index (χ4n) is 1.97. The quantitative estimate of drug-likeness (QED) is 0.809. The van der Waals surface area contributed by atoms with E-state index in [1.54, 1.807) is 0 Å². The number of thioether (sulfide) groups is 1. The molecule has 110 valence electrons. The number of nitrogens with zero attached hydrogens (tertiary/aromatic N) is 4. The first-order chi connectivity index (χ1) is 9.82. The average molecular weight is 300 g/mol. The maximum atomic E-state index is 8.89. The molecule has 1 heterocycles. The molecule has 1 aromatic carbocycles. The van der Waals surface area contributed by atoms with Crippen LogP contribution < -0.4 is 0 Å². The van der Waals surface area contributed by atoms with Crippen molar-refractivity contribution in [2.45, 2.75) is 43.5 Å². The van der Waals surface area contributed by atoms with Gasteiger partial charge in [-0.1, -0.05) is 56.8 Å². The monoisotopic (exact) mass is 300 g/mol. The van der Waals surface area contributed by atoms with Crippen LogP contribution in [0.25, 0.3) is 11.4 Å². The Morgan fingerprint density at radius 1 is 1.19 bits per heavy atom. The van der Waals surface area contributed by atoms with Crippen LogP contribution in [-0.4, -0.2) is 20.0 Å². The lowest BCUT2D eigenvalue weighted by atomic mass is 9.87. The van der Waals surface area contributed by atoms with E-state index in [9.17, 15) is 0 Å². The molecular formula is C16H20N4S. The minimum atomic E-state index is -0.135. The number of aromatic nitrogens is 3. The highest BCUT2D eigenvalue weighted by Gasteiger charge is 2.16. The van der Waals surface area contributed by atoms with Crippen molar-refractivity contribution in [1.29, 1.82) is 5.26 Å². The average Bonchev–Trinajstić information content (AvgIpc) is 2.79. The largest absolute Gasteiger partial charge is 0.305 e. The van der Waals surface area contributed by atoms with Gasteiger partial charge in [0.05, 0.1) is 11.3 Å². The van der Waals surface area contributed by atoms with E-state index in [1.165, 1.54) is 17.3 Å². The first-order valence-corrected chi connectivity index (χ1v) is 7.77. The summed E-state index contributed by atoms with van der Waals surface area (Å²) < 4.78 is 1.94. The normalized spacial score (nSPS) is 13.0. The summed E-state index contributed by atoms with van der Waals surface area (Å²) in [7, 11) is 1.93. The summed E-state index contributed by atoms with van der Waals surface area (Å²) >= 11 is 1.42. The molecule has 0 unspecified atom stereocenters. The summed E-state index contributed by atoms with van der Waals surface area (Å²) in [6.07, 6.45) is 0. The lowest BCUT2D eigenvalue weighted by Gasteiger charge is -2.19. The molecule has 1 atom stereocenters. The molecule has 0 aliphatic carbocycles. The van der Waals surface area contributed by atoms with Crippen LogP contribution in [0.5, 0.6) is 0 Å². The van der Waals surface area contributed by atoms with Gasteiger partial charge >= 0.3 is 0 Å². The second kappa shape index (κ2) is 5.90. The fraction of sp³-hybridized carbons (Fsp3) is 0.438. The highest BCUT2D eigenvalue weighted by atomic mass is 32.2. The van der Waals surface area contributed by atoms with Gasteiger partial charge in [-0.25, -0.2) is 0 Å². The summed E-state index contributed by atoms with van der Waals surface area (Å²) in [5.41, 5.74) is 2.47. The zero-order valence-corrected chi connectivity index (χ0v) is 13.9. The fourth-order valence-corrected chi connectivity index (χ4v) is 2.67. The standard InChI is InChI=1S/C16H20N4S/c1-11(10-17)21-15-19-18-14(20(15)5)12-6-8-13(9-7-12)16(2,3)4/h6-9,11H,1-5H3/t11-/m1/s1. The molecule has 0 fully saturated rings. The van der Waals surface area contributed by atoms with Crippen molar-refractivity contribution >= 4 is 11.8 Å². The van der Waals surface area contributed by atoms with Crippen molar-refractivity contribution in [3.8, 4) is 17.5 Å². The van der Waals surface area contributed by atoms with Gasteiger partial charge in [-0.15, -0.1) is 10.2 Å². The maximum absolute atomic E-state index is 8.89. The Kier molecular flexibility index (Phi) is 4.38. The van der Waals surface area contributed by atoms with E-state index in [0.717, 1.165) is 16.5 Å². The third kappa shape index (κ3) is 3.45. The number of rotatable bonds is 3. The van der Waals surface area contributed by atoms with Crippen LogP contribution in [0.1, 0.15) is 33.3 Å². The molecule has 21 heavy (non-hydrogen) atoms. The van der Waals surface area contributed by atoms with Crippen LogP contribution in [0.4, 0.5) is 0 Å². The highest BCUT2D eigenvalue weighted by Crippen LogP contribution is 2.27. The molecule has 0 saturated heterocycles. The summed E-state index contributed by atoms with van der Waals surface area (Å²) in [5.74, 6) is 0.822. The van der Waals surface area contributed by atoms with Crippen molar-refractivity contribution in [3.63, 3.8) is 0 Å². The van der Waals surface area contributed by atoms with E-state index in [4.69, 9.17) is 5.26 Å². The van der Waals surface area contributed by atoms with Crippen LogP contribution in [-0.2, 0) is 12.5 Å². The van der Waals surface area contributed by atoms with Crippen LogP contribution in [0.15, 0.2) is 29.4 Å². The Morgan fingerprint density at radius 3 is 2.33 bits per heavy atom. The molecule has 0 aliphatic rings. The SMILES string of the molecule is C[C@H](C#N)Sc1nnc(-c2ccc(C(C)(C)C)cc2)n1C. The third-order valence-electron chi connectivity index (χ3n) is 3.31. The lowest BCUT2D eigenvalue weighted by molar-refractivity contribution is 0.590. The Balaban J connectivity index is 2.29. The zero-order chi connectivity index (χ0) is 15.6. The lowest BCUT2D eigenvalue weighted by Crippen LogP contribution is -2.10. The van der Waals surface area contributed by atoms with E-state index in [-0.39, 0.29) is 10.7 Å². The van der Waals surface area contributed by atoms with E-state index in [0.29, 0.717) is 0 Å². The van der Waals surface area contributed by atoms with Crippen LogP contribution in [0, 0.1) is 11.3 Å². The van der Waals surface area contributed by atoms with Crippen molar-refractivity contribution < 1.29 is 0 Å². The van der Waals surface area contributed by atoms with Crippen LogP contribution in [0.3, 0.4) is 0 Å². The predicted octanol–water partition coefficient (Wildman–Crippen LogP) is 3.78. The van der Waals surface area contributed by atoms with Crippen molar-refractivity contribution in [3.05, 3.63) is 29.8 Å². The molecule has 5 heteroatoms. The number of benzene rings is 1. The van der Waals surface area contributed by atoms with Crippen molar-refractivity contribution in [2.24, 2.45) is 7.05 Å². The molecule has 0 N–H and O–H groups in total. The predicted molar refractivity (Wildman–Crippen MR) is 86.1 cm³/mol. The first-order valence-electron chi connectivity index (χ1n) is 6.89. The first kappa shape index (κ1) is 15.6. The number of nitriles is 1. The molecule has 2 aromatic rings. The van der Waals surface area contributed by atoms with E-state index >= 15 is 0 Å². The van der Waals surface area contributed by atoms with Gasteiger partial charge in [0, 0.05) is 12.6 Å². The van der Waals surface area contributed by atoms with Gasteiger partial charge in [-0.05, 0) is 17.9 Å². The van der Waals surface area contributed by atoms with Crippen molar-refractivity contribution in [2.75, 3.05) is 0 Å². The minimum Gasteiger partial charge on any atom is -0.305 e. The molecule has 0 spiro atoms. The third-order valence-corrected chi connectivity index (χ3v) is 4.33. The Hall–Kier alpha value is -1.80. The Morgan fingerprint density at radius 2 is 1.81 bits per heavy atom. The molecular weight excluding hydrogens is 280 g/mol. The molecule has 0 radical (unpaired) electrons. The van der Waals surface area contributed by atoms with Gasteiger partial charge in [0.1, 0.15) is 0 Å². The summed E-state index contributed by atoms with van der Waals surface area (Å²) in [6.45, 7) is 8.45. The minimum absolute atomic E-state index is 0.135. The van der Waals surface area contributed by atoms with Crippen molar-refractivity contribution in [1.82, 2.24) is 14.8 Å². The summed E-state index contributed by atoms with van der Waals surface area (Å²) in [4.78, 5) is 0. The second-order valence-electron chi connectivity index (χ2n) is 6.08. The zero-order valence-electron chi connectivity index (χ0n) is 13.1. The molecule has 2 rings (SSSR count). The molecule has 0 bridgehead atoms. The van der Waals surface area contributed by atoms with Gasteiger partial charge in [0.25, 0.3) is 0 Å². The molecule has 0 saturated carbocycles. The van der Waals surface area contributed by atoms with Gasteiger partial charge in [-0.2, -0.15) is 5.26 Å². The topological polar surface area (TPSA) is 54.5 Å². The van der Waals surface area contributed by atoms with E-state index < -0.39 is 0 Å². The van der Waals surface area contributed by atoms with Gasteiger partial charge in [0.2, 0.25) is 0 Å². The number of hydrogen-bond acceptors (Lipinski definition) is 4. The highest BCUT2D eigenvalue weighted by molar-refractivity contribution is 8.00.